The van der Waals surface area contributed by atoms with Crippen molar-refractivity contribution < 1.29 is 0 Å². The molecule has 0 radical (unpaired) electrons. The van der Waals surface area contributed by atoms with Gasteiger partial charge in [-0.25, -0.2) is 0 Å². The van der Waals surface area contributed by atoms with Gasteiger partial charge in [-0.05, 0) is 56.5 Å². The SMILES string of the molecule is Cc1ccc(Cl)cc1NCCN1CCC(C)CC1. The molecule has 3 heteroatoms. The van der Waals surface area contributed by atoms with Crippen LogP contribution in [0.25, 0.3) is 0 Å². The molecule has 1 aromatic rings. The Balaban J connectivity index is 1.76. The minimum Gasteiger partial charge on any atom is -0.384 e. The molecule has 18 heavy (non-hydrogen) atoms. The molecule has 0 saturated carbocycles. The third-order valence-electron chi connectivity index (χ3n) is 3.82. The molecule has 0 aliphatic carbocycles. The van der Waals surface area contributed by atoms with E-state index in [0.717, 1.165) is 29.7 Å². The summed E-state index contributed by atoms with van der Waals surface area (Å²) in [5.74, 6) is 0.907. The fraction of sp³-hybridized carbons (Fsp3) is 0.600. The van der Waals surface area contributed by atoms with Crippen LogP contribution in [-0.2, 0) is 0 Å². The second kappa shape index (κ2) is 6.44. The van der Waals surface area contributed by atoms with Crippen molar-refractivity contribution in [3.8, 4) is 0 Å². The normalized spacial score (nSPS) is 17.9. The van der Waals surface area contributed by atoms with Gasteiger partial charge in [0.25, 0.3) is 0 Å². The number of anilines is 1. The van der Waals surface area contributed by atoms with Gasteiger partial charge in [-0.1, -0.05) is 24.6 Å². The smallest absolute Gasteiger partial charge is 0.0426 e. The molecule has 1 heterocycles. The highest BCUT2D eigenvalue weighted by molar-refractivity contribution is 6.30. The van der Waals surface area contributed by atoms with Crippen LogP contribution in [0, 0.1) is 12.8 Å². The highest BCUT2D eigenvalue weighted by Crippen LogP contribution is 2.20. The van der Waals surface area contributed by atoms with Crippen LogP contribution in [0.15, 0.2) is 18.2 Å². The molecule has 2 rings (SSSR count). The van der Waals surface area contributed by atoms with Gasteiger partial charge in [-0.2, -0.15) is 0 Å². The second-order valence-corrected chi connectivity index (χ2v) is 5.85. The molecule has 2 nitrogen and oxygen atoms in total. The van der Waals surface area contributed by atoms with E-state index in [9.17, 15) is 0 Å². The van der Waals surface area contributed by atoms with Gasteiger partial charge in [0.2, 0.25) is 0 Å². The lowest BCUT2D eigenvalue weighted by Crippen LogP contribution is -2.36. The van der Waals surface area contributed by atoms with E-state index in [4.69, 9.17) is 11.6 Å². The minimum atomic E-state index is 0.801. The van der Waals surface area contributed by atoms with Crippen molar-refractivity contribution in [2.24, 2.45) is 5.92 Å². The van der Waals surface area contributed by atoms with Crippen LogP contribution in [0.1, 0.15) is 25.3 Å². The lowest BCUT2D eigenvalue weighted by atomic mass is 9.99. The van der Waals surface area contributed by atoms with Crippen molar-refractivity contribution in [1.29, 1.82) is 0 Å². The largest absolute Gasteiger partial charge is 0.384 e. The Labute approximate surface area is 115 Å². The Morgan fingerprint density at radius 2 is 2.06 bits per heavy atom. The third kappa shape index (κ3) is 3.89. The average Bonchev–Trinajstić information content (AvgIpc) is 2.36. The molecule has 1 aliphatic heterocycles. The number of likely N-dealkylation sites (tertiary alicyclic amines) is 1. The lowest BCUT2D eigenvalue weighted by Gasteiger charge is -2.30. The van der Waals surface area contributed by atoms with Crippen LogP contribution in [0.2, 0.25) is 5.02 Å². The summed E-state index contributed by atoms with van der Waals surface area (Å²) < 4.78 is 0. The average molecular weight is 267 g/mol. The van der Waals surface area contributed by atoms with Gasteiger partial charge >= 0.3 is 0 Å². The molecular formula is C15H23ClN2. The van der Waals surface area contributed by atoms with Gasteiger partial charge < -0.3 is 10.2 Å². The Morgan fingerprint density at radius 1 is 1.33 bits per heavy atom. The minimum absolute atomic E-state index is 0.801. The Bertz CT molecular complexity index is 384. The van der Waals surface area contributed by atoms with E-state index in [-0.39, 0.29) is 0 Å². The Hall–Kier alpha value is -0.730. The van der Waals surface area contributed by atoms with Gasteiger partial charge in [0, 0.05) is 23.8 Å². The zero-order valence-electron chi connectivity index (χ0n) is 11.4. The molecule has 0 aromatic heterocycles. The van der Waals surface area contributed by atoms with E-state index in [0.29, 0.717) is 0 Å². The fourth-order valence-electron chi connectivity index (χ4n) is 2.42. The number of rotatable bonds is 4. The van der Waals surface area contributed by atoms with Gasteiger partial charge in [-0.15, -0.1) is 0 Å². The summed E-state index contributed by atoms with van der Waals surface area (Å²) in [6.45, 7) is 9.08. The van der Waals surface area contributed by atoms with E-state index < -0.39 is 0 Å². The van der Waals surface area contributed by atoms with Crippen molar-refractivity contribution in [1.82, 2.24) is 4.90 Å². The second-order valence-electron chi connectivity index (χ2n) is 5.41. The summed E-state index contributed by atoms with van der Waals surface area (Å²) >= 11 is 6.01. The van der Waals surface area contributed by atoms with Gasteiger partial charge in [0.1, 0.15) is 0 Å². The molecule has 0 atom stereocenters. The molecule has 1 aromatic carbocycles. The molecule has 100 valence electrons. The number of benzene rings is 1. The molecule has 1 saturated heterocycles. The quantitative estimate of drug-likeness (QED) is 0.892. The number of piperidine rings is 1. The standard InChI is InChI=1S/C15H23ClN2/c1-12-5-8-18(9-6-12)10-7-17-15-11-14(16)4-3-13(15)2/h3-4,11-12,17H,5-10H2,1-2H3. The number of aryl methyl sites for hydroxylation is 1. The van der Waals surface area contributed by atoms with Crippen molar-refractivity contribution in [3.05, 3.63) is 28.8 Å². The molecule has 0 amide bonds. The third-order valence-corrected chi connectivity index (χ3v) is 4.05. The van der Waals surface area contributed by atoms with Crippen molar-refractivity contribution in [2.45, 2.75) is 26.7 Å². The van der Waals surface area contributed by atoms with Crippen LogP contribution in [-0.4, -0.2) is 31.1 Å². The lowest BCUT2D eigenvalue weighted by molar-refractivity contribution is 0.199. The first-order valence-corrected chi connectivity index (χ1v) is 7.25. The predicted molar refractivity (Wildman–Crippen MR) is 79.5 cm³/mol. The van der Waals surface area contributed by atoms with E-state index in [1.54, 1.807) is 0 Å². The summed E-state index contributed by atoms with van der Waals surface area (Å²) in [4.78, 5) is 2.55. The molecule has 0 bridgehead atoms. The molecule has 1 N–H and O–H groups in total. The van der Waals surface area contributed by atoms with Gasteiger partial charge in [-0.3, -0.25) is 0 Å². The van der Waals surface area contributed by atoms with Crippen LogP contribution >= 0.6 is 11.6 Å². The molecule has 1 fully saturated rings. The van der Waals surface area contributed by atoms with E-state index in [1.807, 2.05) is 12.1 Å². The summed E-state index contributed by atoms with van der Waals surface area (Å²) in [7, 11) is 0. The van der Waals surface area contributed by atoms with Gasteiger partial charge in [0.05, 0.1) is 0 Å². The van der Waals surface area contributed by atoms with Crippen molar-refractivity contribution >= 4 is 17.3 Å². The highest BCUT2D eigenvalue weighted by Gasteiger charge is 2.14. The molecule has 0 spiro atoms. The maximum Gasteiger partial charge on any atom is 0.0426 e. The first-order valence-electron chi connectivity index (χ1n) is 6.87. The highest BCUT2D eigenvalue weighted by atomic mass is 35.5. The number of nitrogens with zero attached hydrogens (tertiary/aromatic N) is 1. The predicted octanol–water partition coefficient (Wildman–Crippen LogP) is 3.79. The zero-order chi connectivity index (χ0) is 13.0. The summed E-state index contributed by atoms with van der Waals surface area (Å²) in [5.41, 5.74) is 2.42. The van der Waals surface area contributed by atoms with Crippen LogP contribution in [0.4, 0.5) is 5.69 Å². The number of hydrogen-bond acceptors (Lipinski definition) is 2. The van der Waals surface area contributed by atoms with E-state index >= 15 is 0 Å². The maximum atomic E-state index is 6.01. The monoisotopic (exact) mass is 266 g/mol. The van der Waals surface area contributed by atoms with Crippen molar-refractivity contribution in [2.75, 3.05) is 31.5 Å². The number of nitrogens with one attached hydrogen (secondary N) is 1. The topological polar surface area (TPSA) is 15.3 Å². The molecular weight excluding hydrogens is 244 g/mol. The Kier molecular flexibility index (Phi) is 4.90. The van der Waals surface area contributed by atoms with Crippen LogP contribution in [0.3, 0.4) is 0 Å². The first kappa shape index (κ1) is 13.7. The van der Waals surface area contributed by atoms with Crippen molar-refractivity contribution in [3.63, 3.8) is 0 Å². The van der Waals surface area contributed by atoms with Gasteiger partial charge in [0.15, 0.2) is 0 Å². The number of hydrogen-bond donors (Lipinski definition) is 1. The van der Waals surface area contributed by atoms with E-state index in [1.165, 1.54) is 31.5 Å². The van der Waals surface area contributed by atoms with Crippen LogP contribution in [0.5, 0.6) is 0 Å². The Morgan fingerprint density at radius 3 is 2.78 bits per heavy atom. The summed E-state index contributed by atoms with van der Waals surface area (Å²) in [5, 5.41) is 4.29. The van der Waals surface area contributed by atoms with E-state index in [2.05, 4.69) is 30.1 Å². The fourth-order valence-corrected chi connectivity index (χ4v) is 2.59. The summed E-state index contributed by atoms with van der Waals surface area (Å²) in [6.07, 6.45) is 2.69. The molecule has 0 unspecified atom stereocenters. The molecule has 1 aliphatic rings. The maximum absolute atomic E-state index is 6.01. The first-order chi connectivity index (χ1) is 8.65. The van der Waals surface area contributed by atoms with Crippen LogP contribution < -0.4 is 5.32 Å². The number of halogens is 1. The summed E-state index contributed by atoms with van der Waals surface area (Å²) in [6, 6.07) is 6.01. The zero-order valence-corrected chi connectivity index (χ0v) is 12.1.